The van der Waals surface area contributed by atoms with E-state index in [-0.39, 0.29) is 41.7 Å². The van der Waals surface area contributed by atoms with E-state index in [0.717, 1.165) is 64.0 Å². The summed E-state index contributed by atoms with van der Waals surface area (Å²) >= 11 is 0. The summed E-state index contributed by atoms with van der Waals surface area (Å²) in [5.41, 5.74) is 27.6. The van der Waals surface area contributed by atoms with Gasteiger partial charge in [-0.25, -0.2) is 0 Å². The second-order valence-corrected chi connectivity index (χ2v) is 13.7. The largest absolute Gasteiger partial charge is 0.464 e. The Labute approximate surface area is 277 Å². The molecule has 4 rings (SSSR count). The number of nitrogens with two attached hydrogens (primary N) is 5. The zero-order chi connectivity index (χ0) is 33.9. The molecule has 0 bridgehead atoms. The second-order valence-electron chi connectivity index (χ2n) is 13.7. The van der Waals surface area contributed by atoms with Crippen LogP contribution in [0, 0.1) is 23.7 Å². The van der Waals surface area contributed by atoms with Crippen molar-refractivity contribution in [2.45, 2.75) is 121 Å². The van der Waals surface area contributed by atoms with Crippen LogP contribution in [0.3, 0.4) is 0 Å². The van der Waals surface area contributed by atoms with E-state index in [0.29, 0.717) is 70.3 Å². The van der Waals surface area contributed by atoms with Crippen molar-refractivity contribution in [1.29, 1.82) is 0 Å². The van der Waals surface area contributed by atoms with Crippen molar-refractivity contribution >= 4 is 24.1 Å². The van der Waals surface area contributed by atoms with Crippen molar-refractivity contribution in [3.63, 3.8) is 0 Å². The molecular formula is C34H65N7O5. The van der Waals surface area contributed by atoms with Crippen LogP contribution in [0.5, 0.6) is 0 Å². The lowest BCUT2D eigenvalue weighted by molar-refractivity contribution is -0.141. The normalized spacial score (nSPS) is 28.3. The molecule has 2 saturated heterocycles. The number of hydrogen-bond acceptors (Lipinski definition) is 10. The van der Waals surface area contributed by atoms with Crippen LogP contribution in [0.1, 0.15) is 103 Å². The molecule has 12 nitrogen and oxygen atoms in total. The van der Waals surface area contributed by atoms with Crippen LogP contribution in [0.15, 0.2) is 0 Å². The van der Waals surface area contributed by atoms with Crippen molar-refractivity contribution in [1.82, 2.24) is 9.80 Å². The van der Waals surface area contributed by atoms with Gasteiger partial charge in [-0.05, 0) is 56.4 Å². The number of nitrogens with zero attached hydrogens (tertiary/aromatic N) is 2. The Bertz CT molecular complexity index is 903. The number of likely N-dealkylation sites (tertiary alicyclic amines) is 2. The van der Waals surface area contributed by atoms with E-state index >= 15 is 0 Å². The van der Waals surface area contributed by atoms with Gasteiger partial charge in [-0.15, -0.1) is 0 Å². The summed E-state index contributed by atoms with van der Waals surface area (Å²) in [5.74, 6) is 2.46. The molecule has 12 heteroatoms. The molecule has 2 saturated carbocycles. The number of ether oxygens (including phenoxy) is 1. The first-order valence-electron chi connectivity index (χ1n) is 17.9. The molecule has 0 radical (unpaired) electrons. The van der Waals surface area contributed by atoms with E-state index in [1.165, 1.54) is 32.1 Å². The van der Waals surface area contributed by atoms with Gasteiger partial charge in [-0.2, -0.15) is 0 Å². The molecule has 4 aliphatic rings. The Morgan fingerprint density at radius 2 is 1.20 bits per heavy atom. The SMILES string of the molecule is CC1CC(CN)N(C(=O)CCN)C1.NCCC(=O)C1CCCCCC1OC=O.NCCC(=O)N1CC(C2CCCCC2)CC1CN. The predicted octanol–water partition coefficient (Wildman–Crippen LogP) is 1.65. The summed E-state index contributed by atoms with van der Waals surface area (Å²) in [6.07, 6.45) is 14.9. The highest BCUT2D eigenvalue weighted by molar-refractivity contribution is 5.82. The van der Waals surface area contributed by atoms with Gasteiger partial charge in [-0.3, -0.25) is 19.2 Å². The number of amides is 2. The number of hydrogen-bond donors (Lipinski definition) is 5. The molecule has 266 valence electrons. The molecule has 0 spiro atoms. The quantitative estimate of drug-likeness (QED) is 0.152. The average molecular weight is 652 g/mol. The average Bonchev–Trinajstić information content (AvgIpc) is 3.59. The molecule has 4 fully saturated rings. The molecule has 6 unspecified atom stereocenters. The Morgan fingerprint density at radius 1 is 0.674 bits per heavy atom. The highest BCUT2D eigenvalue weighted by atomic mass is 16.5. The first kappa shape index (κ1) is 40.1. The van der Waals surface area contributed by atoms with Crippen LogP contribution in [0.2, 0.25) is 0 Å². The lowest BCUT2D eigenvalue weighted by Crippen LogP contribution is -2.40. The van der Waals surface area contributed by atoms with Gasteiger partial charge in [0, 0.05) is 70.6 Å². The summed E-state index contributed by atoms with van der Waals surface area (Å²) in [6.45, 7) is 6.80. The van der Waals surface area contributed by atoms with E-state index in [1.54, 1.807) is 0 Å². The van der Waals surface area contributed by atoms with Crippen LogP contribution in [0.4, 0.5) is 0 Å². The van der Waals surface area contributed by atoms with E-state index in [1.807, 2.05) is 9.80 Å². The van der Waals surface area contributed by atoms with Gasteiger partial charge in [0.25, 0.3) is 6.47 Å². The summed E-state index contributed by atoms with van der Waals surface area (Å²) in [5, 5.41) is 0. The number of Topliss-reactive ketones (excluding diaryl/α,β-unsaturated/α-hetero) is 1. The number of ketones is 1. The lowest BCUT2D eigenvalue weighted by atomic mass is 9.79. The van der Waals surface area contributed by atoms with Crippen molar-refractivity contribution < 1.29 is 23.9 Å². The monoisotopic (exact) mass is 652 g/mol. The van der Waals surface area contributed by atoms with Gasteiger partial charge in [0.15, 0.2) is 0 Å². The van der Waals surface area contributed by atoms with Gasteiger partial charge < -0.3 is 43.2 Å². The Morgan fingerprint density at radius 3 is 1.74 bits per heavy atom. The number of carbonyl (C=O) groups excluding carboxylic acids is 4. The standard InChI is InChI=1S/C14H27N3O.C11H19NO3.C9H19N3O/c15-7-6-14(18)17-10-12(8-13(17)9-16)11-4-2-1-3-5-11;12-7-6-10(14)9-4-2-1-3-5-11(9)15-8-13;1-7-4-8(5-11)12(6-7)9(13)2-3-10/h11-13H,1-10,15-16H2;8-9,11H,1-7,12H2;7-8H,2-6,10-11H2,1H3. The molecule has 2 heterocycles. The molecular weight excluding hydrogens is 586 g/mol. The Kier molecular flexibility index (Phi) is 19.5. The Hall–Kier alpha value is -2.12. The molecule has 6 atom stereocenters. The van der Waals surface area contributed by atoms with Gasteiger partial charge >= 0.3 is 0 Å². The van der Waals surface area contributed by atoms with E-state index in [4.69, 9.17) is 33.4 Å². The maximum Gasteiger partial charge on any atom is 0.293 e. The third kappa shape index (κ3) is 12.8. The molecule has 10 N–H and O–H groups in total. The molecule has 2 amide bonds. The highest BCUT2D eigenvalue weighted by Gasteiger charge is 2.38. The van der Waals surface area contributed by atoms with Gasteiger partial charge in [0.1, 0.15) is 11.9 Å². The fourth-order valence-corrected chi connectivity index (χ4v) is 7.85. The molecule has 0 aromatic carbocycles. The van der Waals surface area contributed by atoms with Crippen LogP contribution >= 0.6 is 0 Å². The minimum absolute atomic E-state index is 0.124. The first-order chi connectivity index (χ1) is 22.2. The van der Waals surface area contributed by atoms with Gasteiger partial charge in [0.05, 0.1) is 5.92 Å². The number of carbonyl (C=O) groups is 4. The minimum atomic E-state index is -0.218. The molecule has 2 aliphatic heterocycles. The van der Waals surface area contributed by atoms with Crippen LogP contribution < -0.4 is 28.7 Å². The minimum Gasteiger partial charge on any atom is -0.464 e. The topological polar surface area (TPSA) is 214 Å². The second kappa shape index (κ2) is 22.4. The third-order valence-electron chi connectivity index (χ3n) is 10.3. The Balaban J connectivity index is 0.000000244. The maximum absolute atomic E-state index is 12.0. The van der Waals surface area contributed by atoms with Crippen molar-refractivity contribution in [3.05, 3.63) is 0 Å². The fourth-order valence-electron chi connectivity index (χ4n) is 7.85. The molecule has 46 heavy (non-hydrogen) atoms. The number of rotatable bonds is 12. The summed E-state index contributed by atoms with van der Waals surface area (Å²) < 4.78 is 5.00. The molecule has 0 aromatic rings. The van der Waals surface area contributed by atoms with Crippen molar-refractivity contribution in [2.75, 3.05) is 45.8 Å². The predicted molar refractivity (Wildman–Crippen MR) is 181 cm³/mol. The zero-order valence-corrected chi connectivity index (χ0v) is 28.5. The smallest absolute Gasteiger partial charge is 0.293 e. The van der Waals surface area contributed by atoms with E-state index in [2.05, 4.69) is 6.92 Å². The first-order valence-corrected chi connectivity index (χ1v) is 17.9. The van der Waals surface area contributed by atoms with Crippen molar-refractivity contribution in [2.24, 2.45) is 52.3 Å². The van der Waals surface area contributed by atoms with Crippen molar-refractivity contribution in [3.8, 4) is 0 Å². The fraction of sp³-hybridized carbons (Fsp3) is 0.882. The van der Waals surface area contributed by atoms with Crippen LogP contribution in [-0.4, -0.2) is 97.9 Å². The van der Waals surface area contributed by atoms with Gasteiger partial charge in [-0.1, -0.05) is 51.9 Å². The molecule has 2 aliphatic carbocycles. The van der Waals surface area contributed by atoms with Gasteiger partial charge in [0.2, 0.25) is 11.8 Å². The summed E-state index contributed by atoms with van der Waals surface area (Å²) in [4.78, 5) is 49.6. The van der Waals surface area contributed by atoms with Crippen LogP contribution in [0.25, 0.3) is 0 Å². The summed E-state index contributed by atoms with van der Waals surface area (Å²) in [6, 6.07) is 0.505. The third-order valence-corrected chi connectivity index (χ3v) is 10.3. The molecule has 0 aromatic heterocycles. The maximum atomic E-state index is 12.0. The summed E-state index contributed by atoms with van der Waals surface area (Å²) in [7, 11) is 0. The van der Waals surface area contributed by atoms with E-state index in [9.17, 15) is 19.2 Å². The van der Waals surface area contributed by atoms with Crippen LogP contribution in [-0.2, 0) is 23.9 Å². The zero-order valence-electron chi connectivity index (χ0n) is 28.5. The highest BCUT2D eigenvalue weighted by Crippen LogP contribution is 2.37. The lowest BCUT2D eigenvalue weighted by Gasteiger charge is -2.27. The van der Waals surface area contributed by atoms with E-state index < -0.39 is 0 Å².